The molecule has 0 N–H and O–H groups in total. The molecule has 7 heteroatoms. The number of thiazole rings is 1. The predicted octanol–water partition coefficient (Wildman–Crippen LogP) is 4.22. The third-order valence-electron chi connectivity index (χ3n) is 6.16. The number of nitrogens with zero attached hydrogens (tertiary/aromatic N) is 5. The van der Waals surface area contributed by atoms with Gasteiger partial charge < -0.3 is 14.5 Å². The van der Waals surface area contributed by atoms with Crippen LogP contribution in [0, 0.1) is 0 Å². The van der Waals surface area contributed by atoms with E-state index in [4.69, 9.17) is 9.72 Å². The molecule has 0 atom stereocenters. The molecule has 6 nitrogen and oxygen atoms in total. The van der Waals surface area contributed by atoms with E-state index >= 15 is 0 Å². The Labute approximate surface area is 175 Å². The minimum atomic E-state index is 0.754. The number of piperidine rings is 2. The Morgan fingerprint density at radius 2 is 1.76 bits per heavy atom. The zero-order valence-corrected chi connectivity index (χ0v) is 17.7. The van der Waals surface area contributed by atoms with Crippen molar-refractivity contribution in [2.45, 2.75) is 38.1 Å². The van der Waals surface area contributed by atoms with Crippen molar-refractivity contribution in [2.75, 3.05) is 38.2 Å². The Hall–Kier alpha value is -2.25. The van der Waals surface area contributed by atoms with E-state index in [1.807, 2.05) is 18.5 Å². The van der Waals surface area contributed by atoms with Crippen molar-refractivity contribution in [1.29, 1.82) is 0 Å². The highest BCUT2D eigenvalue weighted by Gasteiger charge is 2.27. The SMILES string of the molecule is COc1cncc(-c2cnc3nc(N4CCC(N5CCCCC5)CC4)sc3c2)c1. The molecule has 0 bridgehead atoms. The molecule has 0 saturated carbocycles. The largest absolute Gasteiger partial charge is 0.495 e. The number of fused-ring (bicyclic) bond motifs is 1. The number of pyridine rings is 2. The first kappa shape index (κ1) is 18.8. The summed E-state index contributed by atoms with van der Waals surface area (Å²) in [4.78, 5) is 18.9. The van der Waals surface area contributed by atoms with Gasteiger partial charge in [-0.15, -0.1) is 0 Å². The first-order chi connectivity index (χ1) is 14.3. The molecule has 2 aliphatic heterocycles. The average Bonchev–Trinajstić information content (AvgIpc) is 3.23. The van der Waals surface area contributed by atoms with Gasteiger partial charge in [-0.05, 0) is 50.9 Å². The molecule has 0 aromatic carbocycles. The van der Waals surface area contributed by atoms with Crippen molar-refractivity contribution in [3.63, 3.8) is 0 Å². The van der Waals surface area contributed by atoms with E-state index in [0.717, 1.165) is 51.5 Å². The highest BCUT2D eigenvalue weighted by Crippen LogP contribution is 2.33. The maximum Gasteiger partial charge on any atom is 0.188 e. The van der Waals surface area contributed by atoms with E-state index in [2.05, 4.69) is 25.8 Å². The lowest BCUT2D eigenvalue weighted by Crippen LogP contribution is -2.46. The van der Waals surface area contributed by atoms with Crippen LogP contribution in [-0.4, -0.2) is 59.2 Å². The van der Waals surface area contributed by atoms with Crippen molar-refractivity contribution in [1.82, 2.24) is 19.9 Å². The summed E-state index contributed by atoms with van der Waals surface area (Å²) in [5.74, 6) is 0.754. The summed E-state index contributed by atoms with van der Waals surface area (Å²) in [7, 11) is 1.66. The van der Waals surface area contributed by atoms with Gasteiger partial charge in [-0.3, -0.25) is 4.98 Å². The van der Waals surface area contributed by atoms with E-state index in [0.29, 0.717) is 0 Å². The van der Waals surface area contributed by atoms with Crippen molar-refractivity contribution in [3.05, 3.63) is 30.7 Å². The molecule has 5 rings (SSSR count). The molecule has 152 valence electrons. The van der Waals surface area contributed by atoms with Gasteiger partial charge in [0.1, 0.15) is 5.75 Å². The first-order valence-electron chi connectivity index (χ1n) is 10.5. The molecule has 2 fully saturated rings. The van der Waals surface area contributed by atoms with Gasteiger partial charge in [-0.1, -0.05) is 17.8 Å². The van der Waals surface area contributed by atoms with Gasteiger partial charge in [0.25, 0.3) is 0 Å². The third kappa shape index (κ3) is 3.94. The van der Waals surface area contributed by atoms with Gasteiger partial charge in [0.05, 0.1) is 18.0 Å². The molecule has 0 spiro atoms. The highest BCUT2D eigenvalue weighted by atomic mass is 32.1. The molecule has 0 amide bonds. The second-order valence-corrected chi connectivity index (χ2v) is 8.98. The lowest BCUT2D eigenvalue weighted by Gasteiger charge is -2.40. The summed E-state index contributed by atoms with van der Waals surface area (Å²) in [6.45, 7) is 4.76. The number of hydrogen-bond donors (Lipinski definition) is 0. The minimum absolute atomic E-state index is 0.754. The van der Waals surface area contributed by atoms with Crippen LogP contribution < -0.4 is 9.64 Å². The van der Waals surface area contributed by atoms with E-state index in [9.17, 15) is 0 Å². The molecule has 3 aromatic rings. The van der Waals surface area contributed by atoms with Gasteiger partial charge >= 0.3 is 0 Å². The van der Waals surface area contributed by atoms with Crippen LogP contribution in [0.1, 0.15) is 32.1 Å². The summed E-state index contributed by atoms with van der Waals surface area (Å²) in [5, 5.41) is 1.10. The Morgan fingerprint density at radius 3 is 2.55 bits per heavy atom. The van der Waals surface area contributed by atoms with Crippen LogP contribution in [0.4, 0.5) is 5.13 Å². The predicted molar refractivity (Wildman–Crippen MR) is 118 cm³/mol. The molecule has 3 aromatic heterocycles. The molecule has 0 aliphatic carbocycles. The zero-order valence-electron chi connectivity index (χ0n) is 16.9. The Morgan fingerprint density at radius 1 is 0.966 bits per heavy atom. The topological polar surface area (TPSA) is 54.4 Å². The average molecular weight is 410 g/mol. The van der Waals surface area contributed by atoms with E-state index < -0.39 is 0 Å². The molecule has 0 radical (unpaired) electrons. The second kappa shape index (κ2) is 8.24. The normalized spacial score (nSPS) is 19.0. The van der Waals surface area contributed by atoms with Crippen molar-refractivity contribution < 1.29 is 4.74 Å². The number of methoxy groups -OCH3 is 1. The van der Waals surface area contributed by atoms with Crippen LogP contribution in [-0.2, 0) is 0 Å². The number of hydrogen-bond acceptors (Lipinski definition) is 7. The van der Waals surface area contributed by atoms with Gasteiger partial charge in [-0.2, -0.15) is 4.98 Å². The minimum Gasteiger partial charge on any atom is -0.495 e. The fraction of sp³-hybridized carbons (Fsp3) is 0.500. The standard InChI is InChI=1S/C22H27N5OS/c1-28-19-11-16(13-23-15-19)17-12-20-21(24-14-17)25-22(29-20)27-9-5-18(6-10-27)26-7-3-2-4-8-26/h11-15,18H,2-10H2,1H3. The summed E-state index contributed by atoms with van der Waals surface area (Å²) >= 11 is 1.75. The van der Waals surface area contributed by atoms with Crippen molar-refractivity contribution in [2.24, 2.45) is 0 Å². The van der Waals surface area contributed by atoms with Gasteiger partial charge in [0.2, 0.25) is 0 Å². The van der Waals surface area contributed by atoms with Crippen LogP contribution in [0.25, 0.3) is 21.5 Å². The Balaban J connectivity index is 1.31. The molecular weight excluding hydrogens is 382 g/mol. The fourth-order valence-electron chi connectivity index (χ4n) is 4.50. The van der Waals surface area contributed by atoms with Crippen LogP contribution in [0.5, 0.6) is 5.75 Å². The van der Waals surface area contributed by atoms with Gasteiger partial charge in [0, 0.05) is 42.7 Å². The highest BCUT2D eigenvalue weighted by molar-refractivity contribution is 7.22. The number of aromatic nitrogens is 3. The summed E-state index contributed by atoms with van der Waals surface area (Å²) in [5.41, 5.74) is 2.89. The Kier molecular flexibility index (Phi) is 5.33. The number of likely N-dealkylation sites (tertiary alicyclic amines) is 1. The zero-order chi connectivity index (χ0) is 19.6. The summed E-state index contributed by atoms with van der Waals surface area (Å²) < 4.78 is 6.42. The fourth-order valence-corrected chi connectivity index (χ4v) is 5.51. The molecule has 2 aliphatic rings. The monoisotopic (exact) mass is 409 g/mol. The quantitative estimate of drug-likeness (QED) is 0.643. The van der Waals surface area contributed by atoms with Gasteiger partial charge in [0.15, 0.2) is 10.8 Å². The third-order valence-corrected chi connectivity index (χ3v) is 7.21. The maximum atomic E-state index is 5.30. The van der Waals surface area contributed by atoms with Gasteiger partial charge in [-0.25, -0.2) is 4.98 Å². The first-order valence-corrected chi connectivity index (χ1v) is 11.4. The summed E-state index contributed by atoms with van der Waals surface area (Å²) in [6, 6.07) is 4.91. The Bertz CT molecular complexity index is 976. The van der Waals surface area contributed by atoms with Crippen LogP contribution in [0.3, 0.4) is 0 Å². The number of ether oxygens (including phenoxy) is 1. The number of rotatable bonds is 4. The van der Waals surface area contributed by atoms with Crippen LogP contribution >= 0.6 is 11.3 Å². The van der Waals surface area contributed by atoms with E-state index in [-0.39, 0.29) is 0 Å². The lowest BCUT2D eigenvalue weighted by molar-refractivity contribution is 0.141. The summed E-state index contributed by atoms with van der Waals surface area (Å²) in [6.07, 6.45) is 12.1. The molecule has 29 heavy (non-hydrogen) atoms. The molecule has 0 unspecified atom stereocenters. The molecule has 5 heterocycles. The smallest absolute Gasteiger partial charge is 0.188 e. The van der Waals surface area contributed by atoms with E-state index in [1.54, 1.807) is 24.6 Å². The molecule has 2 saturated heterocycles. The lowest BCUT2D eigenvalue weighted by atomic mass is 10.0. The number of anilines is 1. The second-order valence-electron chi connectivity index (χ2n) is 7.97. The van der Waals surface area contributed by atoms with Crippen molar-refractivity contribution in [3.8, 4) is 16.9 Å². The maximum absolute atomic E-state index is 5.30. The van der Waals surface area contributed by atoms with E-state index in [1.165, 1.54) is 45.2 Å². The van der Waals surface area contributed by atoms with Crippen molar-refractivity contribution >= 4 is 26.8 Å². The van der Waals surface area contributed by atoms with Crippen LogP contribution in [0.2, 0.25) is 0 Å². The molecular formula is C22H27N5OS. The van der Waals surface area contributed by atoms with Crippen LogP contribution in [0.15, 0.2) is 30.7 Å².